The maximum atomic E-state index is 10.2. The second kappa shape index (κ2) is 14.3. The molecule has 6 aromatic rings. The lowest BCUT2D eigenvalue weighted by Crippen LogP contribution is -2.04. The summed E-state index contributed by atoms with van der Waals surface area (Å²) in [5, 5.41) is 40.2. The Morgan fingerprint density at radius 1 is 0.490 bits per heavy atom. The molecule has 0 amide bonds. The highest BCUT2D eigenvalue weighted by atomic mass is 32.1. The first-order valence-corrected chi connectivity index (χ1v) is 17.8. The maximum Gasteiger partial charge on any atom is 0.161 e. The number of para-hydroxylation sites is 2. The van der Waals surface area contributed by atoms with Gasteiger partial charge in [0.25, 0.3) is 0 Å². The molecule has 0 fully saturated rings. The summed E-state index contributed by atoms with van der Waals surface area (Å²) in [6.07, 6.45) is 0. The number of pyridine rings is 1. The van der Waals surface area contributed by atoms with Crippen LogP contribution < -0.4 is 10.6 Å². The molecule has 0 atom stereocenters. The largest absolute Gasteiger partial charge is 0.339 e. The van der Waals surface area contributed by atoms with Crippen molar-refractivity contribution < 1.29 is 0 Å². The molecule has 0 saturated heterocycles. The molecule has 0 bridgehead atoms. The number of aromatic nitrogens is 1. The maximum absolute atomic E-state index is 10.2. The van der Waals surface area contributed by atoms with Gasteiger partial charge in [-0.3, -0.25) is 0 Å². The van der Waals surface area contributed by atoms with Gasteiger partial charge in [-0.05, 0) is 154 Å². The number of hydrogen-bond donors (Lipinski definition) is 2. The number of aryl methyl sites for hydroxylation is 4. The van der Waals surface area contributed by atoms with Crippen LogP contribution >= 0.6 is 11.3 Å². The fourth-order valence-electron chi connectivity index (χ4n) is 6.56. The van der Waals surface area contributed by atoms with E-state index in [-0.39, 0.29) is 0 Å². The Kier molecular flexibility index (Phi) is 9.82. The van der Waals surface area contributed by atoms with E-state index in [2.05, 4.69) is 65.2 Å². The predicted octanol–water partition coefficient (Wildman–Crippen LogP) is 13.6. The minimum absolute atomic E-state index is 0.396. The van der Waals surface area contributed by atoms with E-state index in [1.165, 1.54) is 49.9 Å². The summed E-state index contributed by atoms with van der Waals surface area (Å²) >= 11 is 1.45. The predicted molar refractivity (Wildman–Crippen MR) is 212 cm³/mol. The Balaban J connectivity index is 1.40. The third-order valence-corrected chi connectivity index (χ3v) is 11.4. The van der Waals surface area contributed by atoms with Gasteiger partial charge >= 0.3 is 0 Å². The van der Waals surface area contributed by atoms with Crippen molar-refractivity contribution in [3.05, 3.63) is 122 Å². The van der Waals surface area contributed by atoms with E-state index >= 15 is 0 Å². The summed E-state index contributed by atoms with van der Waals surface area (Å²) in [5.41, 5.74) is 14.9. The van der Waals surface area contributed by atoms with Gasteiger partial charge < -0.3 is 10.6 Å². The molecule has 0 unspecified atom stereocenters. The summed E-state index contributed by atoms with van der Waals surface area (Å²) in [6.45, 7) is 21.3. The monoisotopic (exact) mass is 690 g/mol. The number of hydrogen-bond acceptors (Lipinski definition) is 9. The van der Waals surface area contributed by atoms with Crippen molar-refractivity contribution in [2.24, 2.45) is 20.5 Å². The Morgan fingerprint density at radius 2 is 0.941 bits per heavy atom. The first-order chi connectivity index (χ1) is 24.4. The van der Waals surface area contributed by atoms with E-state index in [0.717, 1.165) is 49.3 Å². The fourth-order valence-corrected chi connectivity index (χ4v) is 7.52. The van der Waals surface area contributed by atoms with E-state index in [1.807, 2.05) is 81.4 Å². The van der Waals surface area contributed by atoms with Crippen molar-refractivity contribution >= 4 is 66.5 Å². The van der Waals surface area contributed by atoms with Crippen molar-refractivity contribution in [3.8, 4) is 6.07 Å². The van der Waals surface area contributed by atoms with Gasteiger partial charge in [0.15, 0.2) is 11.6 Å². The zero-order chi connectivity index (χ0) is 36.6. The lowest BCUT2D eigenvalue weighted by Gasteiger charge is -2.21. The Labute approximate surface area is 304 Å². The van der Waals surface area contributed by atoms with Crippen molar-refractivity contribution in [2.75, 3.05) is 10.6 Å². The van der Waals surface area contributed by atoms with Gasteiger partial charge in [0.2, 0.25) is 0 Å². The molecule has 4 aromatic carbocycles. The average molecular weight is 691 g/mol. The van der Waals surface area contributed by atoms with Crippen LogP contribution in [0.15, 0.2) is 81.1 Å². The molecule has 0 aliphatic rings. The highest BCUT2D eigenvalue weighted by Gasteiger charge is 2.21. The van der Waals surface area contributed by atoms with Crippen LogP contribution in [0.25, 0.3) is 10.8 Å². The summed E-state index contributed by atoms with van der Waals surface area (Å²) in [4.78, 5) is 4.85. The number of azo groups is 2. The lowest BCUT2D eigenvalue weighted by atomic mass is 9.85. The zero-order valence-electron chi connectivity index (χ0n) is 30.9. The van der Waals surface area contributed by atoms with Crippen LogP contribution in [0.5, 0.6) is 0 Å². The number of rotatable bonds is 8. The third-order valence-electron chi connectivity index (χ3n) is 10.2. The van der Waals surface area contributed by atoms with E-state index in [0.29, 0.717) is 28.5 Å². The zero-order valence-corrected chi connectivity index (χ0v) is 31.7. The topological polar surface area (TPSA) is 110 Å². The van der Waals surface area contributed by atoms with Gasteiger partial charge in [0.05, 0.1) is 11.3 Å². The van der Waals surface area contributed by atoms with Gasteiger partial charge in [0, 0.05) is 16.9 Å². The average Bonchev–Trinajstić information content (AvgIpc) is 3.40. The number of nitrogens with one attached hydrogen (secondary N) is 2. The molecule has 6 rings (SSSR count). The first-order valence-electron chi connectivity index (χ1n) is 16.9. The fraction of sp³-hybridized carbons (Fsp3) is 0.238. The van der Waals surface area contributed by atoms with E-state index in [1.54, 1.807) is 0 Å². The Bertz CT molecular complexity index is 2420. The molecule has 2 N–H and O–H groups in total. The molecule has 0 aliphatic heterocycles. The Morgan fingerprint density at radius 3 is 1.45 bits per heavy atom. The molecule has 2 heterocycles. The smallest absolute Gasteiger partial charge is 0.161 e. The van der Waals surface area contributed by atoms with E-state index in [9.17, 15) is 5.26 Å². The van der Waals surface area contributed by atoms with Crippen LogP contribution in [0.2, 0.25) is 0 Å². The number of thiophene rings is 1. The van der Waals surface area contributed by atoms with E-state index < -0.39 is 0 Å². The molecule has 9 heteroatoms. The van der Waals surface area contributed by atoms with Gasteiger partial charge in [0.1, 0.15) is 21.8 Å². The second-order valence-electron chi connectivity index (χ2n) is 13.1. The highest BCUT2D eigenvalue weighted by molar-refractivity contribution is 7.19. The molecule has 0 radical (unpaired) electrons. The number of anilines is 4. The van der Waals surface area contributed by atoms with Crippen LogP contribution in [-0.4, -0.2) is 4.98 Å². The molecule has 2 aromatic heterocycles. The van der Waals surface area contributed by atoms with Crippen LogP contribution in [0.3, 0.4) is 0 Å². The molecular formula is C42H42N8S. The standard InChI is InChI=1S/C42H42N8S/c1-22-23(2)25(4)36-31(10)37(27(6)26(5)35(36)24(22)3)47-49-41-28(7)29(8)42(51-41)50-48-38-30(9)34(21-43)39(44-32-17-13-11-14-18-32)46-40(38)45-33-19-15-12-16-20-33/h11-20H,1-10H3,(H2,44,45,46). The Hall–Kier alpha value is -5.72. The van der Waals surface area contributed by atoms with E-state index in [4.69, 9.17) is 25.4 Å². The van der Waals surface area contributed by atoms with Crippen LogP contribution in [0.4, 0.5) is 44.4 Å². The second-order valence-corrected chi connectivity index (χ2v) is 14.1. The normalized spacial score (nSPS) is 11.5. The minimum Gasteiger partial charge on any atom is -0.339 e. The summed E-state index contributed by atoms with van der Waals surface area (Å²) in [6, 6.07) is 21.8. The molecule has 0 saturated carbocycles. The minimum atomic E-state index is 0.396. The third kappa shape index (κ3) is 6.51. The van der Waals surface area contributed by atoms with Crippen molar-refractivity contribution in [1.82, 2.24) is 4.98 Å². The van der Waals surface area contributed by atoms with Crippen LogP contribution in [-0.2, 0) is 0 Å². The molecule has 51 heavy (non-hydrogen) atoms. The number of benzene rings is 4. The number of fused-ring (bicyclic) bond motifs is 1. The van der Waals surface area contributed by atoms with Crippen molar-refractivity contribution in [1.29, 1.82) is 5.26 Å². The number of nitrogens with zero attached hydrogens (tertiary/aromatic N) is 6. The summed E-state index contributed by atoms with van der Waals surface area (Å²) in [5.74, 6) is 0.925. The molecule has 8 nitrogen and oxygen atoms in total. The van der Waals surface area contributed by atoms with Crippen molar-refractivity contribution in [2.45, 2.75) is 69.2 Å². The molecular weight excluding hydrogens is 649 g/mol. The summed E-state index contributed by atoms with van der Waals surface area (Å²) in [7, 11) is 0. The van der Waals surface area contributed by atoms with Crippen LogP contribution in [0, 0.1) is 80.6 Å². The van der Waals surface area contributed by atoms with Gasteiger partial charge in [-0.2, -0.15) is 5.26 Å². The van der Waals surface area contributed by atoms with Gasteiger partial charge in [-0.15, -0.1) is 20.5 Å². The number of nitriles is 1. The van der Waals surface area contributed by atoms with Crippen LogP contribution in [0.1, 0.15) is 61.2 Å². The van der Waals surface area contributed by atoms with Crippen molar-refractivity contribution in [3.63, 3.8) is 0 Å². The van der Waals surface area contributed by atoms with Gasteiger partial charge in [-0.25, -0.2) is 4.98 Å². The van der Waals surface area contributed by atoms with Gasteiger partial charge in [-0.1, -0.05) is 47.7 Å². The quantitative estimate of drug-likeness (QED) is 0.155. The molecule has 0 aliphatic carbocycles. The first kappa shape index (κ1) is 35.1. The molecule has 256 valence electrons. The highest BCUT2D eigenvalue weighted by Crippen LogP contribution is 2.45. The molecule has 0 spiro atoms. The summed E-state index contributed by atoms with van der Waals surface area (Å²) < 4.78 is 0. The SMILES string of the molecule is Cc1c(N=Nc2c(Nc3ccccc3)nc(Nc3ccccc3)c(C#N)c2C)sc(N=Nc2c(C)c(C)c3c(C)c(C)c(C)c(C)c3c2C)c1C. The lowest BCUT2D eigenvalue weighted by molar-refractivity contribution is 1.16.